The van der Waals surface area contributed by atoms with E-state index in [0.29, 0.717) is 17.2 Å². The van der Waals surface area contributed by atoms with E-state index in [1.165, 1.54) is 0 Å². The van der Waals surface area contributed by atoms with Gasteiger partial charge in [-0.3, -0.25) is 0 Å². The number of nitriles is 1. The number of nitrogens with one attached hydrogen (secondary N) is 1. The minimum atomic E-state index is 0.106. The highest BCUT2D eigenvalue weighted by atomic mass is 16.3. The van der Waals surface area contributed by atoms with Gasteiger partial charge in [0.2, 0.25) is 5.95 Å². The van der Waals surface area contributed by atoms with E-state index in [4.69, 9.17) is 11.0 Å². The van der Waals surface area contributed by atoms with Crippen molar-refractivity contribution in [2.75, 3.05) is 29.1 Å². The number of aliphatic hydroxyl groups excluding tert-OH is 1. The average Bonchev–Trinajstić information content (AvgIpc) is 3.12. The standard InChI is InChI=1S/C19H24N6O/c1-2-4-14-10-18(25-8-3-5-16(25)12-26)24-19(22-14)23-15-6-7-17(21)13(9-15)11-20/h6-7,9-10,16,26H,2-5,8,12,21H2,1H3,(H,22,23,24). The molecule has 0 aliphatic carbocycles. The second kappa shape index (κ2) is 8.02. The molecule has 1 saturated heterocycles. The number of nitrogens with two attached hydrogens (primary N) is 1. The van der Waals surface area contributed by atoms with Crippen LogP contribution in [0.4, 0.5) is 23.1 Å². The summed E-state index contributed by atoms with van der Waals surface area (Å²) in [5, 5.41) is 21.9. The Kier molecular flexibility index (Phi) is 5.54. The third kappa shape index (κ3) is 3.86. The normalized spacial score (nSPS) is 16.5. The summed E-state index contributed by atoms with van der Waals surface area (Å²) < 4.78 is 0. The van der Waals surface area contributed by atoms with Crippen molar-refractivity contribution in [3.8, 4) is 6.07 Å². The third-order valence-corrected chi connectivity index (χ3v) is 4.58. The molecule has 2 aromatic rings. The Balaban J connectivity index is 1.92. The van der Waals surface area contributed by atoms with Crippen molar-refractivity contribution in [1.29, 1.82) is 5.26 Å². The van der Waals surface area contributed by atoms with Gasteiger partial charge in [-0.2, -0.15) is 10.2 Å². The molecule has 0 bridgehead atoms. The summed E-state index contributed by atoms with van der Waals surface area (Å²) in [5.74, 6) is 1.32. The van der Waals surface area contributed by atoms with Crippen molar-refractivity contribution in [3.63, 3.8) is 0 Å². The fourth-order valence-corrected chi connectivity index (χ4v) is 3.26. The van der Waals surface area contributed by atoms with E-state index in [9.17, 15) is 5.11 Å². The second-order valence-electron chi connectivity index (χ2n) is 6.50. The molecule has 136 valence electrons. The van der Waals surface area contributed by atoms with Gasteiger partial charge in [0.15, 0.2) is 0 Å². The molecular weight excluding hydrogens is 328 g/mol. The van der Waals surface area contributed by atoms with E-state index in [0.717, 1.165) is 49.4 Å². The maximum atomic E-state index is 9.62. The van der Waals surface area contributed by atoms with Crippen LogP contribution in [0.5, 0.6) is 0 Å². The molecule has 0 spiro atoms. The van der Waals surface area contributed by atoms with Crippen LogP contribution in [0.1, 0.15) is 37.4 Å². The number of aromatic nitrogens is 2. The van der Waals surface area contributed by atoms with Gasteiger partial charge in [0, 0.05) is 29.7 Å². The van der Waals surface area contributed by atoms with Crippen LogP contribution >= 0.6 is 0 Å². The lowest BCUT2D eigenvalue weighted by atomic mass is 10.2. The van der Waals surface area contributed by atoms with Crippen LogP contribution in [0.25, 0.3) is 0 Å². The number of anilines is 4. The van der Waals surface area contributed by atoms with Gasteiger partial charge in [0.25, 0.3) is 0 Å². The summed E-state index contributed by atoms with van der Waals surface area (Å²) in [6.07, 6.45) is 3.85. The van der Waals surface area contributed by atoms with E-state index in [2.05, 4.69) is 33.2 Å². The van der Waals surface area contributed by atoms with Gasteiger partial charge in [-0.15, -0.1) is 0 Å². The number of nitrogen functional groups attached to an aromatic ring is 1. The highest BCUT2D eigenvalue weighted by Gasteiger charge is 2.25. The fraction of sp³-hybridized carbons (Fsp3) is 0.421. The van der Waals surface area contributed by atoms with E-state index in [1.807, 2.05) is 6.07 Å². The van der Waals surface area contributed by atoms with Crippen molar-refractivity contribution in [1.82, 2.24) is 9.97 Å². The SMILES string of the molecule is CCCc1cc(N2CCCC2CO)nc(Nc2ccc(N)c(C#N)c2)n1. The maximum absolute atomic E-state index is 9.62. The zero-order chi connectivity index (χ0) is 18.5. The van der Waals surface area contributed by atoms with Crippen LogP contribution in [0.2, 0.25) is 0 Å². The molecule has 0 radical (unpaired) electrons. The molecule has 7 nitrogen and oxygen atoms in total. The van der Waals surface area contributed by atoms with Crippen molar-refractivity contribution >= 4 is 23.1 Å². The molecule has 1 fully saturated rings. The first kappa shape index (κ1) is 18.0. The van der Waals surface area contributed by atoms with Crippen LogP contribution in [0, 0.1) is 11.3 Å². The number of nitrogens with zero attached hydrogens (tertiary/aromatic N) is 4. The Hall–Kier alpha value is -2.85. The molecule has 3 rings (SSSR count). The summed E-state index contributed by atoms with van der Waals surface area (Å²) in [6, 6.07) is 9.38. The molecule has 1 unspecified atom stereocenters. The van der Waals surface area contributed by atoms with E-state index in [-0.39, 0.29) is 12.6 Å². The minimum Gasteiger partial charge on any atom is -0.398 e. The van der Waals surface area contributed by atoms with Crippen molar-refractivity contribution < 1.29 is 5.11 Å². The molecule has 0 saturated carbocycles. The summed E-state index contributed by atoms with van der Waals surface area (Å²) in [5.41, 5.74) is 8.32. The monoisotopic (exact) mass is 352 g/mol. The molecule has 1 atom stereocenters. The lowest BCUT2D eigenvalue weighted by molar-refractivity contribution is 0.266. The summed E-state index contributed by atoms with van der Waals surface area (Å²) >= 11 is 0. The fourth-order valence-electron chi connectivity index (χ4n) is 3.26. The zero-order valence-corrected chi connectivity index (χ0v) is 14.9. The third-order valence-electron chi connectivity index (χ3n) is 4.58. The van der Waals surface area contributed by atoms with Gasteiger partial charge in [0.1, 0.15) is 11.9 Å². The molecule has 1 aromatic heterocycles. The highest BCUT2D eigenvalue weighted by Crippen LogP contribution is 2.27. The maximum Gasteiger partial charge on any atom is 0.229 e. The van der Waals surface area contributed by atoms with Crippen LogP contribution in [0.3, 0.4) is 0 Å². The number of hydrogen-bond donors (Lipinski definition) is 3. The molecule has 0 amide bonds. The molecule has 4 N–H and O–H groups in total. The predicted octanol–water partition coefficient (Wildman–Crippen LogP) is 2.59. The molecule has 7 heteroatoms. The number of aryl methyl sites for hydroxylation is 1. The quantitative estimate of drug-likeness (QED) is 0.685. The summed E-state index contributed by atoms with van der Waals surface area (Å²) in [6.45, 7) is 3.12. The Bertz CT molecular complexity index is 816. The lowest BCUT2D eigenvalue weighted by Crippen LogP contribution is -2.33. The summed E-state index contributed by atoms with van der Waals surface area (Å²) in [4.78, 5) is 11.4. The van der Waals surface area contributed by atoms with Crippen LogP contribution in [-0.2, 0) is 6.42 Å². The van der Waals surface area contributed by atoms with Gasteiger partial charge in [-0.05, 0) is 37.5 Å². The van der Waals surface area contributed by atoms with E-state index >= 15 is 0 Å². The molecule has 1 aliphatic heterocycles. The van der Waals surface area contributed by atoms with Gasteiger partial charge >= 0.3 is 0 Å². The largest absolute Gasteiger partial charge is 0.398 e. The topological polar surface area (TPSA) is 111 Å². The van der Waals surface area contributed by atoms with E-state index < -0.39 is 0 Å². The Morgan fingerprint density at radius 1 is 1.38 bits per heavy atom. The Morgan fingerprint density at radius 2 is 2.23 bits per heavy atom. The molecule has 26 heavy (non-hydrogen) atoms. The smallest absolute Gasteiger partial charge is 0.229 e. The van der Waals surface area contributed by atoms with Crippen molar-refractivity contribution in [2.24, 2.45) is 0 Å². The van der Waals surface area contributed by atoms with Crippen LogP contribution in [0.15, 0.2) is 24.3 Å². The average molecular weight is 352 g/mol. The van der Waals surface area contributed by atoms with Gasteiger partial charge < -0.3 is 21.1 Å². The minimum absolute atomic E-state index is 0.106. The number of hydrogen-bond acceptors (Lipinski definition) is 7. The first-order valence-corrected chi connectivity index (χ1v) is 8.96. The highest BCUT2D eigenvalue weighted by molar-refractivity contribution is 5.65. The van der Waals surface area contributed by atoms with E-state index in [1.54, 1.807) is 18.2 Å². The molecule has 2 heterocycles. The van der Waals surface area contributed by atoms with Crippen LogP contribution in [-0.4, -0.2) is 34.3 Å². The molecule has 1 aliphatic rings. The predicted molar refractivity (Wildman–Crippen MR) is 102 cm³/mol. The second-order valence-corrected chi connectivity index (χ2v) is 6.50. The van der Waals surface area contributed by atoms with Crippen LogP contribution < -0.4 is 16.0 Å². The number of aliphatic hydroxyl groups is 1. The Morgan fingerprint density at radius 3 is 2.96 bits per heavy atom. The molecular formula is C19H24N6O. The lowest BCUT2D eigenvalue weighted by Gasteiger charge is -2.25. The molecule has 1 aromatic carbocycles. The van der Waals surface area contributed by atoms with Gasteiger partial charge in [-0.1, -0.05) is 13.3 Å². The number of benzene rings is 1. The van der Waals surface area contributed by atoms with Crippen molar-refractivity contribution in [2.45, 2.75) is 38.6 Å². The van der Waals surface area contributed by atoms with Gasteiger partial charge in [-0.25, -0.2) is 4.98 Å². The first-order chi connectivity index (χ1) is 12.6. The zero-order valence-electron chi connectivity index (χ0n) is 14.9. The summed E-state index contributed by atoms with van der Waals surface area (Å²) in [7, 11) is 0. The number of rotatable bonds is 6. The first-order valence-electron chi connectivity index (χ1n) is 8.96. The Labute approximate surface area is 153 Å². The van der Waals surface area contributed by atoms with Crippen molar-refractivity contribution in [3.05, 3.63) is 35.5 Å². The van der Waals surface area contributed by atoms with Gasteiger partial charge in [0.05, 0.1) is 18.2 Å².